The van der Waals surface area contributed by atoms with Crippen molar-refractivity contribution in [3.8, 4) is 17.2 Å². The lowest BCUT2D eigenvalue weighted by Gasteiger charge is -2.19. The molecule has 0 aliphatic rings. The fraction of sp³-hybridized carbons (Fsp3) is 0.240. The van der Waals surface area contributed by atoms with Crippen molar-refractivity contribution in [3.05, 3.63) is 89.5 Å². The normalized spacial score (nSPS) is 11.4. The van der Waals surface area contributed by atoms with E-state index in [1.165, 1.54) is 0 Å². The summed E-state index contributed by atoms with van der Waals surface area (Å²) < 4.78 is 16.9. The van der Waals surface area contributed by atoms with Gasteiger partial charge in [0.05, 0.1) is 18.7 Å². The number of rotatable bonds is 9. The molecule has 1 atom stereocenters. The Bertz CT molecular complexity index is 972. The van der Waals surface area contributed by atoms with Gasteiger partial charge in [-0.2, -0.15) is 0 Å². The molecule has 0 aromatic heterocycles. The van der Waals surface area contributed by atoms with E-state index in [0.717, 1.165) is 22.6 Å². The Balaban J connectivity index is 1.63. The van der Waals surface area contributed by atoms with Crippen molar-refractivity contribution in [1.82, 2.24) is 5.32 Å². The van der Waals surface area contributed by atoms with Gasteiger partial charge in [-0.25, -0.2) is 0 Å². The first-order valence-electron chi connectivity index (χ1n) is 9.93. The number of para-hydroxylation sites is 2. The molecule has 0 radical (unpaired) electrons. The van der Waals surface area contributed by atoms with Crippen molar-refractivity contribution < 1.29 is 19.0 Å². The first kappa shape index (κ1) is 21.2. The standard InChI is InChI=1S/C25H27NO4/c1-18-13-14-23(28-3)22(17-18)19(2)26-25(27)21-11-7-8-12-24(21)30-16-15-29-20-9-5-4-6-10-20/h4-14,17,19H,15-16H2,1-3H3,(H,26,27). The van der Waals surface area contributed by atoms with E-state index < -0.39 is 0 Å². The fourth-order valence-corrected chi connectivity index (χ4v) is 3.15. The number of methoxy groups -OCH3 is 1. The second-order valence-electron chi connectivity index (χ2n) is 6.95. The summed E-state index contributed by atoms with van der Waals surface area (Å²) in [7, 11) is 1.63. The van der Waals surface area contributed by atoms with Crippen LogP contribution in [0.4, 0.5) is 0 Å². The van der Waals surface area contributed by atoms with Gasteiger partial charge in [0, 0.05) is 5.56 Å². The molecule has 1 unspecified atom stereocenters. The minimum Gasteiger partial charge on any atom is -0.496 e. The Hall–Kier alpha value is -3.47. The van der Waals surface area contributed by atoms with Crippen molar-refractivity contribution in [2.45, 2.75) is 19.9 Å². The van der Waals surface area contributed by atoms with Crippen LogP contribution < -0.4 is 19.5 Å². The Morgan fingerprint density at radius 3 is 2.37 bits per heavy atom. The summed E-state index contributed by atoms with van der Waals surface area (Å²) in [6, 6.07) is 22.5. The molecule has 156 valence electrons. The van der Waals surface area contributed by atoms with Gasteiger partial charge < -0.3 is 19.5 Å². The molecule has 5 heteroatoms. The van der Waals surface area contributed by atoms with Gasteiger partial charge in [0.2, 0.25) is 0 Å². The summed E-state index contributed by atoms with van der Waals surface area (Å²) >= 11 is 0. The lowest BCUT2D eigenvalue weighted by Crippen LogP contribution is -2.27. The number of carbonyl (C=O) groups excluding carboxylic acids is 1. The van der Waals surface area contributed by atoms with E-state index >= 15 is 0 Å². The predicted molar refractivity (Wildman–Crippen MR) is 117 cm³/mol. The van der Waals surface area contributed by atoms with Crippen LogP contribution >= 0.6 is 0 Å². The van der Waals surface area contributed by atoms with Crippen LogP contribution in [0.1, 0.15) is 34.5 Å². The maximum Gasteiger partial charge on any atom is 0.255 e. The van der Waals surface area contributed by atoms with Crippen LogP contribution in [0.5, 0.6) is 17.2 Å². The average molecular weight is 405 g/mol. The Kier molecular flexibility index (Phi) is 7.33. The second-order valence-corrected chi connectivity index (χ2v) is 6.95. The third-order valence-electron chi connectivity index (χ3n) is 4.68. The first-order chi connectivity index (χ1) is 14.6. The molecule has 1 N–H and O–H groups in total. The molecule has 30 heavy (non-hydrogen) atoms. The van der Waals surface area contributed by atoms with E-state index in [9.17, 15) is 4.79 Å². The van der Waals surface area contributed by atoms with Crippen molar-refractivity contribution in [3.63, 3.8) is 0 Å². The van der Waals surface area contributed by atoms with Gasteiger partial charge in [-0.05, 0) is 44.2 Å². The van der Waals surface area contributed by atoms with Crippen LogP contribution in [-0.4, -0.2) is 26.2 Å². The van der Waals surface area contributed by atoms with Crippen molar-refractivity contribution in [1.29, 1.82) is 0 Å². The largest absolute Gasteiger partial charge is 0.496 e. The van der Waals surface area contributed by atoms with Crippen LogP contribution in [0.25, 0.3) is 0 Å². The minimum atomic E-state index is -0.221. The van der Waals surface area contributed by atoms with E-state index in [4.69, 9.17) is 14.2 Å². The third-order valence-corrected chi connectivity index (χ3v) is 4.68. The highest BCUT2D eigenvalue weighted by molar-refractivity contribution is 5.97. The fourth-order valence-electron chi connectivity index (χ4n) is 3.15. The van der Waals surface area contributed by atoms with Gasteiger partial charge in [0.15, 0.2) is 0 Å². The zero-order chi connectivity index (χ0) is 21.3. The lowest BCUT2D eigenvalue weighted by atomic mass is 10.0. The molecule has 5 nitrogen and oxygen atoms in total. The highest BCUT2D eigenvalue weighted by Gasteiger charge is 2.18. The number of carbonyl (C=O) groups is 1. The molecular formula is C25H27NO4. The number of nitrogens with one attached hydrogen (secondary N) is 1. The zero-order valence-electron chi connectivity index (χ0n) is 17.6. The maximum absolute atomic E-state index is 12.9. The van der Waals surface area contributed by atoms with E-state index in [1.807, 2.05) is 74.5 Å². The summed E-state index contributed by atoms with van der Waals surface area (Å²) in [5.41, 5.74) is 2.52. The number of hydrogen-bond acceptors (Lipinski definition) is 4. The van der Waals surface area contributed by atoms with Crippen LogP contribution in [0.15, 0.2) is 72.8 Å². The summed E-state index contributed by atoms with van der Waals surface area (Å²) in [6.07, 6.45) is 0. The first-order valence-corrected chi connectivity index (χ1v) is 9.93. The number of aryl methyl sites for hydroxylation is 1. The number of amides is 1. The quantitative estimate of drug-likeness (QED) is 0.512. The Morgan fingerprint density at radius 1 is 0.900 bits per heavy atom. The molecule has 1 amide bonds. The van der Waals surface area contributed by atoms with E-state index in [0.29, 0.717) is 24.5 Å². The lowest BCUT2D eigenvalue weighted by molar-refractivity contribution is 0.0934. The molecule has 0 fully saturated rings. The molecule has 3 aromatic carbocycles. The van der Waals surface area contributed by atoms with Crippen LogP contribution in [0, 0.1) is 6.92 Å². The summed E-state index contributed by atoms with van der Waals surface area (Å²) in [5, 5.41) is 3.04. The summed E-state index contributed by atoms with van der Waals surface area (Å²) in [6.45, 7) is 4.67. The van der Waals surface area contributed by atoms with Crippen LogP contribution in [0.2, 0.25) is 0 Å². The van der Waals surface area contributed by atoms with Crippen LogP contribution in [-0.2, 0) is 0 Å². The number of benzene rings is 3. The molecule has 0 spiro atoms. The monoisotopic (exact) mass is 405 g/mol. The highest BCUT2D eigenvalue weighted by atomic mass is 16.5. The topological polar surface area (TPSA) is 56.8 Å². The van der Waals surface area contributed by atoms with Crippen molar-refractivity contribution in [2.24, 2.45) is 0 Å². The molecular weight excluding hydrogens is 378 g/mol. The van der Waals surface area contributed by atoms with Gasteiger partial charge in [-0.15, -0.1) is 0 Å². The Morgan fingerprint density at radius 2 is 1.60 bits per heavy atom. The molecule has 0 saturated heterocycles. The highest BCUT2D eigenvalue weighted by Crippen LogP contribution is 2.27. The van der Waals surface area contributed by atoms with Crippen LogP contribution in [0.3, 0.4) is 0 Å². The van der Waals surface area contributed by atoms with E-state index in [1.54, 1.807) is 19.2 Å². The minimum absolute atomic E-state index is 0.203. The second kappa shape index (κ2) is 10.3. The van der Waals surface area contributed by atoms with Crippen molar-refractivity contribution >= 4 is 5.91 Å². The average Bonchev–Trinajstić information content (AvgIpc) is 2.77. The van der Waals surface area contributed by atoms with Gasteiger partial charge in [-0.3, -0.25) is 4.79 Å². The summed E-state index contributed by atoms with van der Waals surface area (Å²) in [4.78, 5) is 12.9. The van der Waals surface area contributed by atoms with Gasteiger partial charge in [0.1, 0.15) is 30.5 Å². The van der Waals surface area contributed by atoms with E-state index in [-0.39, 0.29) is 11.9 Å². The smallest absolute Gasteiger partial charge is 0.255 e. The molecule has 3 aromatic rings. The van der Waals surface area contributed by atoms with Gasteiger partial charge >= 0.3 is 0 Å². The molecule has 0 heterocycles. The van der Waals surface area contributed by atoms with E-state index in [2.05, 4.69) is 5.32 Å². The molecule has 0 bridgehead atoms. The maximum atomic E-state index is 12.9. The SMILES string of the molecule is COc1ccc(C)cc1C(C)NC(=O)c1ccccc1OCCOc1ccccc1. The third kappa shape index (κ3) is 5.54. The van der Waals surface area contributed by atoms with Gasteiger partial charge in [0.25, 0.3) is 5.91 Å². The zero-order valence-corrected chi connectivity index (χ0v) is 17.6. The number of ether oxygens (including phenoxy) is 3. The molecule has 0 aliphatic carbocycles. The van der Waals surface area contributed by atoms with Crippen molar-refractivity contribution in [2.75, 3.05) is 20.3 Å². The number of hydrogen-bond donors (Lipinski definition) is 1. The molecule has 0 saturated carbocycles. The summed E-state index contributed by atoms with van der Waals surface area (Å²) in [5.74, 6) is 1.85. The van der Waals surface area contributed by atoms with Gasteiger partial charge in [-0.1, -0.05) is 48.0 Å². The Labute approximate surface area is 177 Å². The molecule has 3 rings (SSSR count). The predicted octanol–water partition coefficient (Wildman–Crippen LogP) is 4.95. The molecule has 0 aliphatic heterocycles.